The number of unbranched alkanes of at least 4 members (excludes halogenated alkanes) is 10. The summed E-state index contributed by atoms with van der Waals surface area (Å²) in [6.07, 6.45) is 12.9. The van der Waals surface area contributed by atoms with Crippen molar-refractivity contribution in [1.29, 1.82) is 0 Å². The maximum absolute atomic E-state index is 7.61. The van der Waals surface area contributed by atoms with Gasteiger partial charge in [0.1, 0.15) is 0 Å². The number of halogens is 2. The van der Waals surface area contributed by atoms with Gasteiger partial charge in [0, 0.05) is 0 Å². The molecule has 2 nitrogen and oxygen atoms in total. The maximum Gasteiger partial charge on any atom is 0.0886 e. The molecule has 0 aliphatic rings. The number of nitrogens with zero attached hydrogens (tertiary/aromatic N) is 1. The summed E-state index contributed by atoms with van der Waals surface area (Å²) >= 11 is 0. The van der Waals surface area contributed by atoms with Gasteiger partial charge in [0.2, 0.25) is 0 Å². The highest BCUT2D eigenvalue weighted by Gasteiger charge is 2.04. The van der Waals surface area contributed by atoms with E-state index in [4.69, 9.17) is 12.3 Å². The van der Waals surface area contributed by atoms with Crippen LogP contribution in [0.2, 0.25) is 0 Å². The van der Waals surface area contributed by atoms with E-state index >= 15 is 0 Å². The highest BCUT2D eigenvalue weighted by Crippen LogP contribution is 2.08. The van der Waals surface area contributed by atoms with E-state index in [2.05, 4.69) is 12.2 Å². The van der Waals surface area contributed by atoms with Gasteiger partial charge in [0.25, 0.3) is 0 Å². The van der Waals surface area contributed by atoms with Crippen molar-refractivity contribution in [2.45, 2.75) is 84.0 Å². The van der Waals surface area contributed by atoms with E-state index in [-0.39, 0.29) is 40.4 Å². The molecule has 0 amide bonds. The Morgan fingerprint density at radius 2 is 1.13 bits per heavy atom. The predicted molar refractivity (Wildman–Crippen MR) is 107 cm³/mol. The topological polar surface area (TPSA) is 12.0 Å². The molecule has 0 heterocycles. The average molecular weight is 469 g/mol. The highest BCUT2D eigenvalue weighted by atomic mass is 79.9. The molecule has 0 aromatic rings. The average Bonchev–Trinajstić information content (AvgIpc) is 2.58. The molecule has 0 bridgehead atoms. The third-order valence-electron chi connectivity index (χ3n) is 3.80. The van der Waals surface area contributed by atoms with Gasteiger partial charge in [-0.25, -0.2) is 0 Å². The van der Waals surface area contributed by atoms with E-state index in [1.165, 1.54) is 51.4 Å². The zero-order valence-corrected chi connectivity index (χ0v) is 18.1. The van der Waals surface area contributed by atoms with Crippen LogP contribution in [-0.4, -0.2) is 45.0 Å². The molecule has 0 aliphatic heterocycles. The van der Waals surface area contributed by atoms with Crippen LogP contribution >= 0.6 is 17.0 Å². The zero-order valence-electron chi connectivity index (χ0n) is 23.8. The quantitative estimate of drug-likeness (QED) is 0.271. The highest BCUT2D eigenvalue weighted by molar-refractivity contribution is 8.93. The van der Waals surface area contributed by atoms with E-state index in [1.807, 2.05) is 0 Å². The molecule has 0 aromatic carbocycles. The molecular formula is C19H44Br2N2. The number of hydrogen-bond donors (Lipinski definition) is 1. The first kappa shape index (κ1) is 14.0. The monoisotopic (exact) mass is 467 g/mol. The minimum Gasteiger partial charge on any atom is -1.00 e. The first-order chi connectivity index (χ1) is 13.8. The molecule has 0 spiro atoms. The van der Waals surface area contributed by atoms with E-state index in [0.29, 0.717) is 6.42 Å². The lowest BCUT2D eigenvalue weighted by Crippen LogP contribution is -3.00. The number of quaternary nitrogens is 1. The van der Waals surface area contributed by atoms with Crippen molar-refractivity contribution in [3.05, 3.63) is 0 Å². The molecule has 4 heteroatoms. The van der Waals surface area contributed by atoms with E-state index in [9.17, 15) is 0 Å². The molecule has 144 valence electrons. The largest absolute Gasteiger partial charge is 1.00 e. The molecule has 1 N–H and O–H groups in total. The van der Waals surface area contributed by atoms with E-state index in [1.54, 1.807) is 0 Å². The Morgan fingerprint density at radius 1 is 0.696 bits per heavy atom. The second-order valence-corrected chi connectivity index (χ2v) is 6.17. The minimum atomic E-state index is -3.13. The lowest BCUT2D eigenvalue weighted by Gasteiger charge is -2.23. The van der Waals surface area contributed by atoms with Gasteiger partial charge in [-0.3, -0.25) is 0 Å². The first-order valence-electron chi connectivity index (χ1n) is 13.4. The normalized spacial score (nSPS) is 18.4. The van der Waals surface area contributed by atoms with E-state index in [0.717, 1.165) is 25.9 Å². The summed E-state index contributed by atoms with van der Waals surface area (Å²) in [6.45, 7) is -5.71. The number of nitrogens with one attached hydrogen (secondary N) is 1. The summed E-state index contributed by atoms with van der Waals surface area (Å²) in [5.41, 5.74) is 0. The molecule has 23 heavy (non-hydrogen) atoms. The van der Waals surface area contributed by atoms with Gasteiger partial charge in [-0.2, -0.15) is 0 Å². The molecule has 0 saturated heterocycles. The van der Waals surface area contributed by atoms with Crippen molar-refractivity contribution in [2.75, 3.05) is 40.6 Å². The van der Waals surface area contributed by atoms with Crippen LogP contribution in [0.1, 0.15) is 96.3 Å². The Kier molecular flexibility index (Phi) is 12.7. The molecular weight excluding hydrogens is 416 g/mol. The van der Waals surface area contributed by atoms with Crippen LogP contribution in [-0.2, 0) is 0 Å². The third kappa shape index (κ3) is 28.0. The van der Waals surface area contributed by atoms with Crippen LogP contribution in [0.5, 0.6) is 0 Å². The predicted octanol–water partition coefficient (Wildman–Crippen LogP) is 2.57. The van der Waals surface area contributed by atoms with Crippen molar-refractivity contribution < 1.29 is 33.8 Å². The summed E-state index contributed by atoms with van der Waals surface area (Å²) in [5, 5.41) is 3.40. The Labute approximate surface area is 180 Å². The molecule has 0 rings (SSSR count). The molecule has 0 fully saturated rings. The van der Waals surface area contributed by atoms with Gasteiger partial charge in [-0.15, -0.1) is 17.0 Å². The Balaban J connectivity index is -0.00000420. The fraction of sp³-hybridized carbons (Fsp3) is 1.00. The Hall–Kier alpha value is 0.880. The van der Waals surface area contributed by atoms with Crippen LogP contribution < -0.4 is 22.3 Å². The molecule has 0 atom stereocenters. The summed E-state index contributed by atoms with van der Waals surface area (Å²) < 4.78 is 66.6. The molecule has 0 unspecified atom stereocenters. The van der Waals surface area contributed by atoms with Gasteiger partial charge < -0.3 is 26.8 Å². The van der Waals surface area contributed by atoms with Crippen molar-refractivity contribution in [3.8, 4) is 0 Å². The minimum absolute atomic E-state index is 0. The van der Waals surface area contributed by atoms with Crippen molar-refractivity contribution >= 4 is 17.0 Å². The number of hydrogen-bond acceptors (Lipinski definition) is 1. The van der Waals surface area contributed by atoms with Gasteiger partial charge in [-0.1, -0.05) is 58.3 Å². The molecule has 0 aromatic heterocycles. The SMILES string of the molecule is Br.[2H]C([2H])([2H])[N+](CCCCCCNCCCCCCCCCC)(C([2H])([2H])[2H])C([2H])([2H])[2H].[Br-]. The van der Waals surface area contributed by atoms with Gasteiger partial charge >= 0.3 is 0 Å². The van der Waals surface area contributed by atoms with Gasteiger partial charge in [-0.05, 0) is 38.8 Å². The van der Waals surface area contributed by atoms with Crippen LogP contribution in [0.15, 0.2) is 0 Å². The summed E-state index contributed by atoms with van der Waals surface area (Å²) in [4.78, 5) is 0. The van der Waals surface area contributed by atoms with Gasteiger partial charge in [0.15, 0.2) is 0 Å². The van der Waals surface area contributed by atoms with E-state index < -0.39 is 32.0 Å². The van der Waals surface area contributed by atoms with Crippen LogP contribution in [0.3, 0.4) is 0 Å². The maximum atomic E-state index is 7.61. The first-order valence-corrected chi connectivity index (χ1v) is 8.90. The molecule has 0 radical (unpaired) electrons. The third-order valence-corrected chi connectivity index (χ3v) is 3.80. The van der Waals surface area contributed by atoms with Crippen LogP contribution in [0, 0.1) is 0 Å². The van der Waals surface area contributed by atoms with Crippen LogP contribution in [0.4, 0.5) is 0 Å². The smallest absolute Gasteiger partial charge is 0.0886 e. The summed E-state index contributed by atoms with van der Waals surface area (Å²) in [7, 11) is 0. The Morgan fingerprint density at radius 3 is 1.61 bits per heavy atom. The fourth-order valence-electron chi connectivity index (χ4n) is 2.46. The van der Waals surface area contributed by atoms with Crippen LogP contribution in [0.25, 0.3) is 0 Å². The fourth-order valence-corrected chi connectivity index (χ4v) is 2.46. The standard InChI is InChI=1S/C19H43N2.2BrH/c1-5-6-7-8-9-10-11-14-17-20-18-15-12-13-16-19-21(2,3)4;;/h20H,5-19H2,1-4H3;2*1H/q+1;;/p-1/i2D3,3D3,4D3;;. The zero-order chi connectivity index (χ0) is 23.3. The van der Waals surface area contributed by atoms with Crippen molar-refractivity contribution in [1.82, 2.24) is 5.32 Å². The second kappa shape index (κ2) is 20.9. The molecule has 0 aliphatic carbocycles. The summed E-state index contributed by atoms with van der Waals surface area (Å²) in [5.74, 6) is 0. The summed E-state index contributed by atoms with van der Waals surface area (Å²) in [6, 6.07) is 0. The lowest BCUT2D eigenvalue weighted by molar-refractivity contribution is -0.870. The van der Waals surface area contributed by atoms with Gasteiger partial charge in [0.05, 0.1) is 39.8 Å². The lowest BCUT2D eigenvalue weighted by atomic mass is 10.1. The number of rotatable bonds is 16. The second-order valence-electron chi connectivity index (χ2n) is 6.17. The molecule has 0 saturated carbocycles. The van der Waals surface area contributed by atoms with Crippen molar-refractivity contribution in [3.63, 3.8) is 0 Å². The Bertz CT molecular complexity index is 406. The van der Waals surface area contributed by atoms with Crippen molar-refractivity contribution in [2.24, 2.45) is 0 Å².